The van der Waals surface area contributed by atoms with Gasteiger partial charge in [0, 0.05) is 107 Å². The van der Waals surface area contributed by atoms with Crippen LogP contribution >= 0.6 is 69.6 Å². The molecule has 5 atom stereocenters. The topological polar surface area (TPSA) is 495 Å². The van der Waals surface area contributed by atoms with E-state index in [4.69, 9.17) is 114 Å². The maximum Gasteiger partial charge on any atom is 0.335 e. The van der Waals surface area contributed by atoms with Crippen LogP contribution in [0.3, 0.4) is 0 Å². The van der Waals surface area contributed by atoms with Crippen LogP contribution in [0.5, 0.6) is 23.0 Å². The third-order valence-electron chi connectivity index (χ3n) is 24.3. The Kier molecular flexibility index (Phi) is 37.9. The Bertz CT molecular complexity index is 7500. The monoisotopic (exact) mass is 2160 g/mol. The lowest BCUT2D eigenvalue weighted by atomic mass is 10.0. The maximum atomic E-state index is 14.5. The number of halogens is 10. The molecule has 0 fully saturated rings. The summed E-state index contributed by atoms with van der Waals surface area (Å²) < 4.78 is 86.4. The minimum atomic E-state index is -1.27. The molecule has 15 aromatic rings. The van der Waals surface area contributed by atoms with E-state index in [2.05, 4.69) is 26.6 Å². The van der Waals surface area contributed by atoms with Crippen LogP contribution in [-0.4, -0.2) is 195 Å². The summed E-state index contributed by atoms with van der Waals surface area (Å²) in [4.78, 5) is 119. The number of aromatic carboxylic acids is 2. The zero-order valence-electron chi connectivity index (χ0n) is 80.5. The zero-order chi connectivity index (χ0) is 109. The number of hydrogen-bond acceptors (Lipinski definition) is 19. The van der Waals surface area contributed by atoms with E-state index in [0.29, 0.717) is 104 Å². The van der Waals surface area contributed by atoms with Crippen LogP contribution in [0.1, 0.15) is 159 Å². The molecule has 0 saturated carbocycles. The Morgan fingerprint density at radius 3 is 0.953 bits per heavy atom. The van der Waals surface area contributed by atoms with Crippen LogP contribution in [0.15, 0.2) is 176 Å². The van der Waals surface area contributed by atoms with E-state index in [1.54, 1.807) is 126 Å². The van der Waals surface area contributed by atoms with E-state index in [1.165, 1.54) is 99.7 Å². The van der Waals surface area contributed by atoms with Gasteiger partial charge in [0.25, 0.3) is 29.5 Å². The molecule has 0 spiro atoms. The molecular formula is C104H98Cl6F4N10O24. The number of carbonyl (C=O) groups is 10. The number of nitrogens with one attached hydrogen (secondary N) is 5. The van der Waals surface area contributed by atoms with Gasteiger partial charge in [0.2, 0.25) is 0 Å². The number of aryl methyl sites for hydroxylation is 6. The highest BCUT2D eigenvalue weighted by molar-refractivity contribution is 6.39. The number of carboxylic acid groups (broad SMARTS) is 5. The molecule has 0 bridgehead atoms. The first-order valence-corrected chi connectivity index (χ1v) is 46.7. The summed E-state index contributed by atoms with van der Waals surface area (Å²) in [6, 6.07) is 39.1. The van der Waals surface area contributed by atoms with E-state index < -0.39 is 133 Å². The number of benzene rings is 10. The van der Waals surface area contributed by atoms with Crippen molar-refractivity contribution >= 4 is 184 Å². The van der Waals surface area contributed by atoms with Crippen molar-refractivity contribution in [2.24, 2.45) is 35.2 Å². The molecule has 0 radical (unpaired) electrons. The minimum absolute atomic E-state index is 0.00509. The number of aliphatic hydroxyl groups is 5. The highest BCUT2D eigenvalue weighted by Crippen LogP contribution is 2.41. The first-order chi connectivity index (χ1) is 70.2. The van der Waals surface area contributed by atoms with Crippen molar-refractivity contribution in [2.45, 2.75) is 63.3 Å². The molecule has 0 aliphatic carbocycles. The molecule has 0 aliphatic heterocycles. The lowest BCUT2D eigenvalue weighted by Gasteiger charge is -2.18. The van der Waals surface area contributed by atoms with Crippen molar-refractivity contribution in [3.8, 4) is 23.0 Å². The Morgan fingerprint density at radius 2 is 0.608 bits per heavy atom. The number of aliphatic hydroxyl groups excluding tert-OH is 5. The average Bonchev–Trinajstić information content (AvgIpc) is 1.62. The number of carbonyl (C=O) groups excluding carboxylic acids is 5. The van der Waals surface area contributed by atoms with Crippen LogP contribution in [0, 0.1) is 37.1 Å². The lowest BCUT2D eigenvalue weighted by molar-refractivity contribution is -0.137. The number of hydrogen-bond donors (Lipinski definition) is 15. The summed E-state index contributed by atoms with van der Waals surface area (Å²) >= 11 is 37.7. The number of nitrogens with zero attached hydrogens (tertiary/aromatic N) is 5. The van der Waals surface area contributed by atoms with Crippen molar-refractivity contribution < 1.29 is 136 Å². The second-order valence-electron chi connectivity index (χ2n) is 33.5. The number of fused-ring (bicyclic) bond motifs is 5. The molecule has 0 aliphatic rings. The fraction of sp³-hybridized carbons (Fsp3) is 0.231. The van der Waals surface area contributed by atoms with Crippen LogP contribution in [-0.2, 0) is 68.9 Å². The standard InChI is InChI=1S/C22H22ClFN2O5.C21H19ClF2N2O5.C21H21ClN2O5.C20H18Cl2N2O5.C20H18ClFN2O4/c1-11-19(31-3)9-17-14(21(11)23)8-18(26(17)2)22(30)25-16(10-27)13-5-4-12(6-15(13)24)7-20(28)29;1-26-15-8-17(31-2)20(24)19(22)12(15)7-16(26)21(30)25-14(9-27)11-4-3-10(5-13(11)23)6-18(28)29;1-24-16-7-8-18(29-2)20(22)14(16)10-17(24)21(28)23-15(11-25)13-5-3-12(4-6-13)9-19(26)27;1-24-15-5-6-17(29-2)18(22)12(15)8-16(24)19(26)23-14(9-25)11-4-3-10(20(27)28)7-13(11)21;1-10-3-6-16-13(18(10)21)8-17(24(16)2)19(26)23-15(9-25)12-5-4-11(20(27)28)7-14(12)22/h4-6,8-9,16,27H,7,10H2,1-3H3,(H,25,30)(H,28,29);3-5,7-8,14,27H,6,9H2,1-2H3,(H,25,30)(H,28,29);3-8,10,15,25H,9,11H2,1-2H3,(H,23,28)(H,26,27);3-8,14,25H,9H2,1-2H3,(H,23,26)(H,27,28);3-8,15,25H,9H2,1-2H3,(H,23,26)(H,27,28)/t16-;14-;15-;14-;15-/m11111/s1. The quantitative estimate of drug-likeness (QED) is 0.0174. The molecule has 10 aromatic carbocycles. The molecule has 148 heavy (non-hydrogen) atoms. The summed E-state index contributed by atoms with van der Waals surface area (Å²) in [7, 11) is 14.3. The molecular weight excluding hydrogens is 2060 g/mol. The molecule has 778 valence electrons. The van der Waals surface area contributed by atoms with E-state index in [-0.39, 0.29) is 103 Å². The van der Waals surface area contributed by atoms with Gasteiger partial charge in [-0.05, 0) is 144 Å². The average molecular weight is 2160 g/mol. The number of rotatable bonds is 32. The molecule has 0 unspecified atom stereocenters. The van der Waals surface area contributed by atoms with Crippen LogP contribution < -0.4 is 45.5 Å². The van der Waals surface area contributed by atoms with E-state index in [1.807, 2.05) is 32.0 Å². The number of ether oxygens (including phenoxy) is 4. The normalized spacial score (nSPS) is 12.1. The van der Waals surface area contributed by atoms with Crippen LogP contribution in [0.25, 0.3) is 54.5 Å². The Morgan fingerprint density at radius 1 is 0.311 bits per heavy atom. The molecule has 15 rings (SSSR count). The van der Waals surface area contributed by atoms with Gasteiger partial charge in [-0.1, -0.05) is 136 Å². The highest BCUT2D eigenvalue weighted by atomic mass is 35.5. The summed E-state index contributed by atoms with van der Waals surface area (Å²) in [6.45, 7) is 1.25. The number of aromatic nitrogens is 5. The largest absolute Gasteiger partial charge is 0.496 e. The van der Waals surface area contributed by atoms with Gasteiger partial charge in [0.15, 0.2) is 11.6 Å². The fourth-order valence-corrected chi connectivity index (χ4v) is 17.9. The minimum Gasteiger partial charge on any atom is -0.496 e. The third-order valence-corrected chi connectivity index (χ3v) is 26.8. The number of carboxylic acids is 5. The third kappa shape index (κ3) is 25.3. The van der Waals surface area contributed by atoms with Crippen molar-refractivity contribution in [2.75, 3.05) is 61.5 Å². The Balaban J connectivity index is 0.000000176. The van der Waals surface area contributed by atoms with E-state index in [0.717, 1.165) is 45.9 Å². The highest BCUT2D eigenvalue weighted by Gasteiger charge is 2.31. The van der Waals surface area contributed by atoms with Gasteiger partial charge < -0.3 is 119 Å². The molecule has 34 nitrogen and oxygen atoms in total. The lowest BCUT2D eigenvalue weighted by Crippen LogP contribution is -2.32. The van der Waals surface area contributed by atoms with Gasteiger partial charge in [-0.2, -0.15) is 0 Å². The first kappa shape index (κ1) is 113. The van der Waals surface area contributed by atoms with Gasteiger partial charge in [0.1, 0.15) is 63.2 Å². The molecule has 44 heteroatoms. The first-order valence-electron chi connectivity index (χ1n) is 44.4. The van der Waals surface area contributed by atoms with E-state index in [9.17, 15) is 91.0 Å². The second kappa shape index (κ2) is 49.5. The van der Waals surface area contributed by atoms with Gasteiger partial charge in [-0.25, -0.2) is 27.2 Å². The summed E-state index contributed by atoms with van der Waals surface area (Å²) in [5.74, 6) is -9.55. The summed E-state index contributed by atoms with van der Waals surface area (Å²) in [5, 5.41) is 111. The van der Waals surface area contributed by atoms with Crippen molar-refractivity contribution in [3.63, 3.8) is 0 Å². The van der Waals surface area contributed by atoms with Gasteiger partial charge in [0.05, 0.1) is 169 Å². The molecule has 0 saturated heterocycles. The van der Waals surface area contributed by atoms with Gasteiger partial charge >= 0.3 is 29.8 Å². The van der Waals surface area contributed by atoms with E-state index >= 15 is 0 Å². The summed E-state index contributed by atoms with van der Waals surface area (Å²) in [6.07, 6.45) is -0.770. The van der Waals surface area contributed by atoms with Gasteiger partial charge in [-0.15, -0.1) is 0 Å². The summed E-state index contributed by atoms with van der Waals surface area (Å²) in [5.41, 5.74) is 8.49. The van der Waals surface area contributed by atoms with Crippen molar-refractivity contribution in [3.05, 3.63) is 325 Å². The molecule has 5 heterocycles. The van der Waals surface area contributed by atoms with Crippen LogP contribution in [0.2, 0.25) is 30.1 Å². The SMILES string of the molecule is COc1cc2c(cc(C(=O)N[C@H](CO)c3ccc(CC(=O)O)cc3F)n2C)c(Cl)c1C.COc1cc2c(cc(C(=O)N[C@H](CO)c3ccc(CC(=O)O)cc3F)n2C)c(Cl)c1F.COc1ccc2c(cc(C(=O)N[C@H](CO)c3ccc(C(=O)O)cc3Cl)n2C)c1Cl.COc1ccc2c(cc(C(=O)N[C@H](CO)c3ccc(CC(=O)O)cc3)n2C)c1Cl.Cc1ccc2c(cc(C(=O)N[C@H](CO)c3ccc(C(=O)O)cc3F)n2C)c1Cl. The Hall–Kier alpha value is -14.9. The smallest absolute Gasteiger partial charge is 0.335 e. The van der Waals surface area contributed by atoms with Gasteiger partial charge in [-0.3, -0.25) is 38.4 Å². The zero-order valence-corrected chi connectivity index (χ0v) is 85.0. The number of methoxy groups -OCH3 is 4. The van der Waals surface area contributed by atoms with Crippen LogP contribution in [0.4, 0.5) is 17.6 Å². The fourth-order valence-electron chi connectivity index (χ4n) is 16.3. The Labute approximate surface area is 870 Å². The molecule has 5 aromatic heterocycles. The predicted octanol–water partition coefficient (Wildman–Crippen LogP) is 16.6. The number of amides is 5. The predicted molar refractivity (Wildman–Crippen MR) is 547 cm³/mol. The molecule has 15 N–H and O–H groups in total. The second-order valence-corrected chi connectivity index (χ2v) is 35.8. The van der Waals surface area contributed by atoms with Crippen molar-refractivity contribution in [1.82, 2.24) is 49.4 Å². The maximum absolute atomic E-state index is 14.5. The number of aliphatic carboxylic acids is 3. The molecule has 5 amide bonds. The van der Waals surface area contributed by atoms with Crippen molar-refractivity contribution in [1.29, 1.82) is 0 Å².